The van der Waals surface area contributed by atoms with Gasteiger partial charge in [-0.3, -0.25) is 9.90 Å². The van der Waals surface area contributed by atoms with Crippen LogP contribution in [0, 0.1) is 0 Å². The first kappa shape index (κ1) is 20.5. The van der Waals surface area contributed by atoms with E-state index in [0.29, 0.717) is 16.7 Å². The minimum atomic E-state index is -0.383. The molecule has 1 aromatic carbocycles. The second-order valence-electron chi connectivity index (χ2n) is 8.14. The number of amides is 1. The molecule has 0 fully saturated rings. The zero-order chi connectivity index (χ0) is 18.7. The minimum absolute atomic E-state index is 0.0255. The molecule has 0 saturated heterocycles. The molecule has 0 heterocycles. The van der Waals surface area contributed by atoms with Crippen molar-refractivity contribution in [3.05, 3.63) is 28.8 Å². The van der Waals surface area contributed by atoms with Crippen LogP contribution in [-0.4, -0.2) is 47.3 Å². The molecule has 5 heteroatoms. The molecule has 0 bridgehead atoms. The van der Waals surface area contributed by atoms with Crippen LogP contribution < -0.4 is 0 Å². The molecule has 0 unspecified atom stereocenters. The van der Waals surface area contributed by atoms with Gasteiger partial charge in [0, 0.05) is 29.8 Å². The Morgan fingerprint density at radius 3 is 1.58 bits per heavy atom. The van der Waals surface area contributed by atoms with Crippen LogP contribution in [-0.2, 0) is 15.9 Å². The number of aliphatic hydroxyl groups excluding tert-OH is 2. The van der Waals surface area contributed by atoms with Gasteiger partial charge in [-0.25, -0.2) is 0 Å². The van der Waals surface area contributed by atoms with Crippen molar-refractivity contribution >= 4 is 5.91 Å². The van der Waals surface area contributed by atoms with Crippen LogP contribution in [0.2, 0.25) is 0 Å². The summed E-state index contributed by atoms with van der Waals surface area (Å²) >= 11 is 0. The van der Waals surface area contributed by atoms with Crippen molar-refractivity contribution < 1.29 is 20.1 Å². The highest BCUT2D eigenvalue weighted by Crippen LogP contribution is 2.40. The summed E-state index contributed by atoms with van der Waals surface area (Å²) in [6, 6.07) is 3.31. The van der Waals surface area contributed by atoms with Gasteiger partial charge in [0.05, 0.1) is 13.2 Å². The smallest absolute Gasteiger partial charge is 0.254 e. The lowest BCUT2D eigenvalue weighted by molar-refractivity contribution is 0.0684. The van der Waals surface area contributed by atoms with Crippen molar-refractivity contribution in [2.45, 2.75) is 52.4 Å². The summed E-state index contributed by atoms with van der Waals surface area (Å²) in [5, 5.41) is 31.1. The maximum absolute atomic E-state index is 12.9. The van der Waals surface area contributed by atoms with E-state index in [2.05, 4.69) is 0 Å². The second kappa shape index (κ2) is 7.53. The van der Waals surface area contributed by atoms with Crippen molar-refractivity contribution in [3.8, 4) is 5.75 Å². The number of carbonyl (C=O) groups is 1. The molecule has 135 valence electrons. The molecule has 0 aliphatic heterocycles. The van der Waals surface area contributed by atoms with Gasteiger partial charge < -0.3 is 15.1 Å². The Labute approximate surface area is 144 Å². The second-order valence-corrected chi connectivity index (χ2v) is 8.14. The molecule has 0 spiro atoms. The Morgan fingerprint density at radius 2 is 1.29 bits per heavy atom. The van der Waals surface area contributed by atoms with Crippen molar-refractivity contribution in [3.63, 3.8) is 0 Å². The molecule has 0 aliphatic carbocycles. The first-order chi connectivity index (χ1) is 10.9. The molecule has 1 rings (SSSR count). The van der Waals surface area contributed by atoms with E-state index in [1.54, 1.807) is 12.1 Å². The van der Waals surface area contributed by atoms with E-state index in [1.165, 1.54) is 4.90 Å². The van der Waals surface area contributed by atoms with E-state index in [-0.39, 0.29) is 48.8 Å². The van der Waals surface area contributed by atoms with Crippen LogP contribution in [0.4, 0.5) is 0 Å². The van der Waals surface area contributed by atoms with Gasteiger partial charge in [-0.2, -0.15) is 0 Å². The van der Waals surface area contributed by atoms with Crippen molar-refractivity contribution in [1.82, 2.24) is 4.90 Å². The highest BCUT2D eigenvalue weighted by atomic mass is 16.3. The van der Waals surface area contributed by atoms with Crippen LogP contribution in [0.15, 0.2) is 12.1 Å². The molecule has 0 aliphatic rings. The van der Waals surface area contributed by atoms with Crippen molar-refractivity contribution in [2.24, 2.45) is 0 Å². The highest BCUT2D eigenvalue weighted by molar-refractivity contribution is 5.95. The van der Waals surface area contributed by atoms with E-state index >= 15 is 0 Å². The number of carbonyl (C=O) groups excluding carboxylic acids is 1. The summed E-state index contributed by atoms with van der Waals surface area (Å²) in [7, 11) is 0. The standard InChI is InChI=1S/C19H30NO4/c1-18(2,3)14-11-13(12-15(16(14)23)19(4,5)6)17(24)20(7-9-21)8-10-22/h11-12,21-22H,7-10H2,1-6H3. The zero-order valence-corrected chi connectivity index (χ0v) is 15.6. The summed E-state index contributed by atoms with van der Waals surface area (Å²) in [5.74, 6) is -0.309. The average Bonchev–Trinajstić information content (AvgIpc) is 2.44. The van der Waals surface area contributed by atoms with Gasteiger partial charge in [-0.05, 0) is 23.0 Å². The summed E-state index contributed by atoms with van der Waals surface area (Å²) in [6.07, 6.45) is 0. The number of hydrogen-bond donors (Lipinski definition) is 2. The van der Waals surface area contributed by atoms with Crippen molar-refractivity contribution in [1.29, 1.82) is 0 Å². The van der Waals surface area contributed by atoms with Crippen LogP contribution in [0.5, 0.6) is 5.75 Å². The van der Waals surface area contributed by atoms with Gasteiger partial charge in [0.2, 0.25) is 0 Å². The van der Waals surface area contributed by atoms with Gasteiger partial charge in [-0.1, -0.05) is 41.5 Å². The van der Waals surface area contributed by atoms with Crippen LogP contribution >= 0.6 is 0 Å². The lowest BCUT2D eigenvalue weighted by Crippen LogP contribution is -2.36. The largest absolute Gasteiger partial charge is 0.395 e. The molecule has 1 amide bonds. The molecule has 5 nitrogen and oxygen atoms in total. The Bertz CT molecular complexity index is 541. The third-order valence-electron chi connectivity index (χ3n) is 3.98. The first-order valence-corrected chi connectivity index (χ1v) is 8.30. The normalized spacial score (nSPS) is 12.3. The molecular formula is C19H30NO4. The van der Waals surface area contributed by atoms with E-state index < -0.39 is 0 Å². The Hall–Kier alpha value is -1.59. The SMILES string of the molecule is CC(C)(C)c1cc(C(=O)N(CCO)CCO)cc(C(C)(C)C)c1[O]. The zero-order valence-electron chi connectivity index (χ0n) is 15.6. The summed E-state index contributed by atoms with van der Waals surface area (Å²) < 4.78 is 0. The molecule has 0 atom stereocenters. The average molecular weight is 336 g/mol. The van der Waals surface area contributed by atoms with E-state index in [1.807, 2.05) is 41.5 Å². The maximum atomic E-state index is 12.9. The van der Waals surface area contributed by atoms with Crippen LogP contribution in [0.3, 0.4) is 0 Å². The minimum Gasteiger partial charge on any atom is -0.395 e. The number of nitrogens with zero attached hydrogens (tertiary/aromatic N) is 1. The number of hydrogen-bond acceptors (Lipinski definition) is 3. The molecule has 1 aromatic rings. The van der Waals surface area contributed by atoms with Gasteiger partial charge in [0.15, 0.2) is 5.75 Å². The van der Waals surface area contributed by atoms with Gasteiger partial charge >= 0.3 is 0 Å². The number of aliphatic hydroxyl groups is 2. The third kappa shape index (κ3) is 4.71. The molecule has 2 N–H and O–H groups in total. The predicted molar refractivity (Wildman–Crippen MR) is 94.0 cm³/mol. The molecular weight excluding hydrogens is 306 g/mol. The summed E-state index contributed by atoms with van der Waals surface area (Å²) in [6.45, 7) is 11.6. The quantitative estimate of drug-likeness (QED) is 0.867. The lowest BCUT2D eigenvalue weighted by atomic mass is 9.78. The molecule has 0 saturated carbocycles. The van der Waals surface area contributed by atoms with Gasteiger partial charge in [-0.15, -0.1) is 0 Å². The number of rotatable bonds is 5. The topological polar surface area (TPSA) is 80.7 Å². The predicted octanol–water partition coefficient (Wildman–Crippen LogP) is 2.85. The maximum Gasteiger partial charge on any atom is 0.254 e. The Balaban J connectivity index is 3.50. The lowest BCUT2D eigenvalue weighted by Gasteiger charge is -2.28. The van der Waals surface area contributed by atoms with E-state index in [4.69, 9.17) is 10.2 Å². The fraction of sp³-hybridized carbons (Fsp3) is 0.632. The number of benzene rings is 1. The van der Waals surface area contributed by atoms with Crippen molar-refractivity contribution in [2.75, 3.05) is 26.3 Å². The highest BCUT2D eigenvalue weighted by Gasteiger charge is 2.29. The monoisotopic (exact) mass is 336 g/mol. The molecule has 24 heavy (non-hydrogen) atoms. The van der Waals surface area contributed by atoms with Gasteiger partial charge in [0.25, 0.3) is 5.91 Å². The Kier molecular flexibility index (Phi) is 6.42. The summed E-state index contributed by atoms with van der Waals surface area (Å²) in [5.41, 5.74) is 0.863. The molecule has 1 radical (unpaired) electrons. The molecule has 0 aromatic heterocycles. The van der Waals surface area contributed by atoms with Gasteiger partial charge in [0.1, 0.15) is 0 Å². The van der Waals surface area contributed by atoms with Crippen LogP contribution in [0.25, 0.3) is 0 Å². The van der Waals surface area contributed by atoms with E-state index in [0.717, 1.165) is 0 Å². The summed E-state index contributed by atoms with van der Waals surface area (Å²) in [4.78, 5) is 14.2. The fourth-order valence-electron chi connectivity index (χ4n) is 2.61. The van der Waals surface area contributed by atoms with Crippen LogP contribution in [0.1, 0.15) is 63.0 Å². The Morgan fingerprint density at radius 1 is 0.917 bits per heavy atom. The van der Waals surface area contributed by atoms with E-state index in [9.17, 15) is 9.90 Å². The third-order valence-corrected chi connectivity index (χ3v) is 3.98. The first-order valence-electron chi connectivity index (χ1n) is 8.30. The fourth-order valence-corrected chi connectivity index (χ4v) is 2.61.